The van der Waals surface area contributed by atoms with Crippen molar-refractivity contribution in [2.45, 2.75) is 31.7 Å². The fraction of sp³-hybridized carbons (Fsp3) is 0.386. The second kappa shape index (κ2) is 18.9. The summed E-state index contributed by atoms with van der Waals surface area (Å²) in [5.74, 6) is -0.859. The molecule has 1 atom stereocenters. The van der Waals surface area contributed by atoms with Gasteiger partial charge in [0.15, 0.2) is 5.82 Å². The number of hydrogen-bond donors (Lipinski definition) is 4. The van der Waals surface area contributed by atoms with Gasteiger partial charge in [-0.15, -0.1) is 0 Å². The van der Waals surface area contributed by atoms with Crippen LogP contribution in [0.1, 0.15) is 46.4 Å². The Morgan fingerprint density at radius 1 is 0.908 bits per heavy atom. The first-order valence-electron chi connectivity index (χ1n) is 21.3. The van der Waals surface area contributed by atoms with E-state index in [-0.39, 0.29) is 53.2 Å². The molecule has 4 aliphatic heterocycles. The van der Waals surface area contributed by atoms with Gasteiger partial charge in [-0.05, 0) is 61.6 Å². The molecule has 5 amide bonds. The summed E-state index contributed by atoms with van der Waals surface area (Å²) < 4.78 is 31.5. The Labute approximate surface area is 381 Å². The predicted octanol–water partition coefficient (Wildman–Crippen LogP) is 3.90. The molecular weight excluding hydrogens is 878 g/mol. The van der Waals surface area contributed by atoms with Gasteiger partial charge in [0, 0.05) is 76.7 Å². The van der Waals surface area contributed by atoms with E-state index in [1.54, 1.807) is 43.5 Å². The van der Waals surface area contributed by atoms with E-state index in [0.717, 1.165) is 62.4 Å². The van der Waals surface area contributed by atoms with Crippen LogP contribution in [-0.2, 0) is 24.4 Å². The third kappa shape index (κ3) is 9.79. The molecule has 4 aromatic rings. The van der Waals surface area contributed by atoms with Gasteiger partial charge in [-0.25, -0.2) is 13.4 Å². The van der Waals surface area contributed by atoms with Crippen molar-refractivity contribution >= 4 is 91.4 Å². The lowest BCUT2D eigenvalue weighted by Crippen LogP contribution is -2.54. The maximum atomic E-state index is 13.5. The first kappa shape index (κ1) is 45.1. The van der Waals surface area contributed by atoms with Crippen molar-refractivity contribution in [2.24, 2.45) is 5.92 Å². The first-order valence-corrected chi connectivity index (χ1v) is 23.5. The van der Waals surface area contributed by atoms with E-state index >= 15 is 0 Å². The lowest BCUT2D eigenvalue weighted by molar-refractivity contribution is -0.136. The Balaban J connectivity index is 0.802. The second-order valence-electron chi connectivity index (χ2n) is 16.4. The molecule has 5 heterocycles. The minimum atomic E-state index is -3.52. The number of nitrogens with zero attached hydrogens (tertiary/aromatic N) is 7. The van der Waals surface area contributed by atoms with Crippen molar-refractivity contribution in [3.05, 3.63) is 83.0 Å². The van der Waals surface area contributed by atoms with Crippen molar-refractivity contribution < 1.29 is 37.1 Å². The first-order chi connectivity index (χ1) is 31.2. The molecule has 1 unspecified atom stereocenters. The van der Waals surface area contributed by atoms with Crippen LogP contribution in [-0.4, -0.2) is 141 Å². The zero-order valence-electron chi connectivity index (χ0n) is 36.2. The summed E-state index contributed by atoms with van der Waals surface area (Å²) >= 11 is 6.46. The Hall–Kier alpha value is -6.51. The predicted molar refractivity (Wildman–Crippen MR) is 246 cm³/mol. The van der Waals surface area contributed by atoms with Gasteiger partial charge in [0.05, 0.1) is 54.3 Å². The summed E-state index contributed by atoms with van der Waals surface area (Å²) in [7, 11) is -0.448. The molecule has 0 radical (unpaired) electrons. The van der Waals surface area contributed by atoms with Gasteiger partial charge in [0.25, 0.3) is 11.8 Å². The average Bonchev–Trinajstić information content (AvgIpc) is 3.55. The van der Waals surface area contributed by atoms with Crippen LogP contribution in [0, 0.1) is 5.92 Å². The second-order valence-corrected chi connectivity index (χ2v) is 18.8. The fourth-order valence-electron chi connectivity index (χ4n) is 8.64. The number of aromatic nitrogens is 2. The van der Waals surface area contributed by atoms with Crippen molar-refractivity contribution in [1.29, 1.82) is 0 Å². The molecule has 0 bridgehead atoms. The number of carbonyl (C=O) groups excluding carboxylic acids is 5. The molecule has 65 heavy (non-hydrogen) atoms. The average molecular weight is 928 g/mol. The molecule has 0 spiro atoms. The van der Waals surface area contributed by atoms with Gasteiger partial charge in [-0.1, -0.05) is 29.8 Å². The van der Waals surface area contributed by atoms with E-state index in [1.807, 2.05) is 23.1 Å². The molecule has 0 aliphatic carbocycles. The number of halogens is 1. The van der Waals surface area contributed by atoms with Crippen LogP contribution in [0.15, 0.2) is 66.9 Å². The number of likely N-dealkylation sites (tertiary alicyclic amines) is 1. The van der Waals surface area contributed by atoms with Gasteiger partial charge in [-0.2, -0.15) is 4.98 Å². The molecule has 4 aliphatic rings. The number of fused-ring (bicyclic) bond motifs is 1. The molecule has 3 fully saturated rings. The van der Waals surface area contributed by atoms with E-state index in [1.165, 1.54) is 23.6 Å². The van der Waals surface area contributed by atoms with Gasteiger partial charge in [0.1, 0.15) is 16.8 Å². The third-order valence-corrected chi connectivity index (χ3v) is 13.8. The number of piperidine rings is 2. The summed E-state index contributed by atoms with van der Waals surface area (Å²) in [6.45, 7) is 5.54. The number of nitrogens with one attached hydrogen (secondary N) is 4. The summed E-state index contributed by atoms with van der Waals surface area (Å²) in [4.78, 5) is 80.6. The van der Waals surface area contributed by atoms with Crippen LogP contribution in [0.2, 0.25) is 5.02 Å². The summed E-state index contributed by atoms with van der Waals surface area (Å²) in [6, 6.07) is 16.6. The number of hydrogen-bond acceptors (Lipinski definition) is 15. The molecule has 1 aromatic heterocycles. The molecule has 3 aromatic carbocycles. The largest absolute Gasteiger partial charge is 0.494 e. The molecule has 0 saturated carbocycles. The van der Waals surface area contributed by atoms with Crippen LogP contribution in [0.25, 0.3) is 0 Å². The minimum Gasteiger partial charge on any atom is -0.494 e. The number of para-hydroxylation sites is 2. The Morgan fingerprint density at radius 3 is 2.37 bits per heavy atom. The number of rotatable bonds is 14. The Bertz CT molecular complexity index is 2640. The number of amides is 5. The van der Waals surface area contributed by atoms with Crippen molar-refractivity contribution in [2.75, 3.05) is 97.9 Å². The number of methoxy groups -OCH3 is 1. The molecule has 8 rings (SSSR count). The van der Waals surface area contributed by atoms with Crippen molar-refractivity contribution in [1.82, 2.24) is 30.0 Å². The molecule has 4 N–H and O–H groups in total. The van der Waals surface area contributed by atoms with Gasteiger partial charge in [-0.3, -0.25) is 43.4 Å². The van der Waals surface area contributed by atoms with Crippen LogP contribution in [0.3, 0.4) is 0 Å². The molecule has 342 valence electrons. The number of sulfonamides is 1. The zero-order chi connectivity index (χ0) is 46.0. The van der Waals surface area contributed by atoms with Crippen LogP contribution in [0.4, 0.5) is 40.2 Å². The number of imide groups is 2. The number of benzene rings is 3. The maximum Gasteiger partial charge on any atom is 0.264 e. The van der Waals surface area contributed by atoms with Crippen molar-refractivity contribution in [3.63, 3.8) is 0 Å². The highest BCUT2D eigenvalue weighted by atomic mass is 35.5. The molecular formula is C44H50ClN11O8S. The van der Waals surface area contributed by atoms with E-state index in [9.17, 15) is 32.4 Å². The van der Waals surface area contributed by atoms with Gasteiger partial charge < -0.3 is 30.5 Å². The van der Waals surface area contributed by atoms with E-state index in [0.29, 0.717) is 47.5 Å². The lowest BCUT2D eigenvalue weighted by Gasteiger charge is -2.39. The maximum absolute atomic E-state index is 13.5. The highest BCUT2D eigenvalue weighted by molar-refractivity contribution is 7.92. The van der Waals surface area contributed by atoms with E-state index in [4.69, 9.17) is 16.3 Å². The monoisotopic (exact) mass is 927 g/mol. The highest BCUT2D eigenvalue weighted by Gasteiger charge is 2.45. The smallest absolute Gasteiger partial charge is 0.264 e. The standard InChI is InChI=1S/C44H50ClN11O8S/c1-52(65(3,62)63)34-10-5-4-8-31(34)48-40-30(45)24-47-44(51-40)49-32-12-11-28(23-36(32)64-2)54-21-19-53(20-22-54)26-27-15-17-55(18-16-27)38(58)25-46-33-9-6-7-29-39(33)43(61)56(42(29)60)35-13-14-37(57)50-41(35)59/h4-12,23-24,27,35,46H,13-22,25-26H2,1-3H3,(H,50,57,59)(H2,47,48,49,51). The van der Waals surface area contributed by atoms with Gasteiger partial charge >= 0.3 is 0 Å². The van der Waals surface area contributed by atoms with Crippen molar-refractivity contribution in [3.8, 4) is 5.75 Å². The van der Waals surface area contributed by atoms with Crippen LogP contribution < -0.4 is 35.2 Å². The molecule has 19 nitrogen and oxygen atoms in total. The number of piperazine rings is 1. The summed E-state index contributed by atoms with van der Waals surface area (Å²) in [5, 5.41) is 11.9. The van der Waals surface area contributed by atoms with Crippen LogP contribution in [0.5, 0.6) is 5.75 Å². The lowest BCUT2D eigenvalue weighted by atomic mass is 9.95. The SMILES string of the molecule is COc1cc(N2CCN(CC3CCN(C(=O)CNc4cccc5c4C(=O)N(C4CCC(=O)NC4=O)C5=O)CC3)CC2)ccc1Nc1ncc(Cl)c(Nc2ccccc2N(C)S(C)(=O)=O)n1. The topological polar surface area (TPSA) is 219 Å². The Morgan fingerprint density at radius 2 is 1.65 bits per heavy atom. The number of ether oxygens (including phenoxy) is 1. The summed E-state index contributed by atoms with van der Waals surface area (Å²) in [5.41, 5.74) is 3.21. The van der Waals surface area contributed by atoms with E-state index in [2.05, 4.69) is 41.0 Å². The zero-order valence-corrected chi connectivity index (χ0v) is 37.7. The number of carbonyl (C=O) groups is 5. The minimum absolute atomic E-state index is 0.0318. The number of anilines is 7. The third-order valence-electron chi connectivity index (χ3n) is 12.3. The molecule has 21 heteroatoms. The van der Waals surface area contributed by atoms with Crippen LogP contribution >= 0.6 is 11.6 Å². The fourth-order valence-corrected chi connectivity index (χ4v) is 9.29. The Kier molecular flexibility index (Phi) is 13.1. The van der Waals surface area contributed by atoms with E-state index < -0.39 is 39.7 Å². The highest BCUT2D eigenvalue weighted by Crippen LogP contribution is 2.36. The van der Waals surface area contributed by atoms with Gasteiger partial charge in [0.2, 0.25) is 33.7 Å². The summed E-state index contributed by atoms with van der Waals surface area (Å²) in [6.07, 6.45) is 4.42. The molecule has 3 saturated heterocycles. The quantitative estimate of drug-likeness (QED) is 0.132. The normalized spacial score (nSPS) is 18.3.